The lowest BCUT2D eigenvalue weighted by molar-refractivity contribution is -0.352. The van der Waals surface area contributed by atoms with Crippen LogP contribution in [0.25, 0.3) is 0 Å². The van der Waals surface area contributed by atoms with E-state index >= 15 is 0 Å². The van der Waals surface area contributed by atoms with Crippen LogP contribution in [0.2, 0.25) is 0 Å². The molecule has 16 atom stereocenters. The number of guanidine groups is 1. The number of aliphatic hydroxyl groups is 6. The minimum atomic E-state index is -4.26. The highest BCUT2D eigenvalue weighted by Gasteiger charge is 2.54. The number of alkyl halides is 1. The number of benzene rings is 1. The van der Waals surface area contributed by atoms with Gasteiger partial charge < -0.3 is 96.9 Å². The predicted molar refractivity (Wildman–Crippen MR) is 234 cm³/mol. The Balaban J connectivity index is 1.51. The first-order valence-electron chi connectivity index (χ1n) is 21.3. The first kappa shape index (κ1) is 56.8. The van der Waals surface area contributed by atoms with Crippen molar-refractivity contribution >= 4 is 56.8 Å². The molecule has 0 spiro atoms. The van der Waals surface area contributed by atoms with Crippen molar-refractivity contribution in [3.8, 4) is 0 Å². The number of methoxy groups -OCH3 is 2. The molecule has 386 valence electrons. The molecule has 3 saturated heterocycles. The molecule has 0 aliphatic carbocycles. The monoisotopic (exact) mass is 1010 g/mol. The second kappa shape index (κ2) is 26.4. The third kappa shape index (κ3) is 14.9. The smallest absolute Gasteiger partial charge is 0.241 e. The van der Waals surface area contributed by atoms with Gasteiger partial charge in [0.1, 0.15) is 67.0 Å². The number of nitrogens with one attached hydrogen (secondary N) is 4. The quantitative estimate of drug-likeness (QED) is 0.0198. The Morgan fingerprint density at radius 3 is 1.81 bits per heavy atom. The van der Waals surface area contributed by atoms with Gasteiger partial charge in [0, 0.05) is 46.2 Å². The van der Waals surface area contributed by atoms with Crippen molar-refractivity contribution in [1.29, 1.82) is 0 Å². The van der Waals surface area contributed by atoms with E-state index in [1.54, 1.807) is 0 Å². The lowest BCUT2D eigenvalue weighted by Gasteiger charge is -2.50. The number of aliphatic imine (C=N–C) groups is 1. The molecule has 3 amide bonds. The number of ketones is 1. The van der Waals surface area contributed by atoms with Gasteiger partial charge in [-0.15, -0.1) is 11.6 Å². The van der Waals surface area contributed by atoms with Crippen molar-refractivity contribution in [3.63, 3.8) is 0 Å². The maximum atomic E-state index is 13.6. The Bertz CT molecular complexity index is 1960. The number of carbonyl (C=O) groups excluding carboxylic acids is 4. The van der Waals surface area contributed by atoms with E-state index in [2.05, 4.69) is 25.7 Å². The molecule has 29 heteroatoms. The number of carbonyl (C=O) groups is 4. The number of hydrogen-bond donors (Lipinski definition) is 13. The lowest BCUT2D eigenvalue weighted by atomic mass is 9.93. The van der Waals surface area contributed by atoms with Crippen molar-refractivity contribution in [1.82, 2.24) is 15.4 Å². The van der Waals surface area contributed by atoms with Crippen LogP contribution < -0.4 is 37.9 Å². The van der Waals surface area contributed by atoms with Crippen molar-refractivity contribution in [3.05, 3.63) is 24.3 Å². The van der Waals surface area contributed by atoms with Gasteiger partial charge in [-0.3, -0.25) is 24.2 Å². The van der Waals surface area contributed by atoms with Gasteiger partial charge in [0.15, 0.2) is 30.6 Å². The minimum absolute atomic E-state index is 0.0518. The molecule has 0 saturated carbocycles. The molecule has 3 aliphatic heterocycles. The zero-order valence-corrected chi connectivity index (χ0v) is 38.9. The number of amides is 3. The number of nitrogens with zero attached hydrogens (tertiary/aromatic N) is 1. The van der Waals surface area contributed by atoms with Gasteiger partial charge in [0.2, 0.25) is 27.7 Å². The third-order valence-corrected chi connectivity index (χ3v) is 12.9. The second-order valence-electron chi connectivity index (χ2n) is 16.0. The SMILES string of the molecule is COC1C(CO)OC(O[C@@H]2C(CO)O[C@@H](O[C@@H]3C(CO)O[C@@H](OC)[C@@H](N)C3O)[C@@H](NC(=O)CCC(=O)Nc3ccc(S(=O)(=O)N[C@H](CCCN=C(N)N)C(=O)CCl)cc3)C2O)[C@@H](NC(C)=O)[C@@H]1O. The summed E-state index contributed by atoms with van der Waals surface area (Å²) >= 11 is 5.70. The number of halogens is 1. The fraction of sp³-hybridized carbons (Fsp3) is 0.718. The molecule has 0 aromatic heterocycles. The summed E-state index contributed by atoms with van der Waals surface area (Å²) in [5, 5.41) is 72.4. The molecule has 3 fully saturated rings. The molecular weight excluding hydrogens is 952 g/mol. The third-order valence-electron chi connectivity index (χ3n) is 11.2. The van der Waals surface area contributed by atoms with E-state index in [1.807, 2.05) is 0 Å². The highest BCUT2D eigenvalue weighted by molar-refractivity contribution is 7.89. The van der Waals surface area contributed by atoms with E-state index in [0.29, 0.717) is 0 Å². The number of anilines is 1. The van der Waals surface area contributed by atoms with E-state index in [0.717, 1.165) is 6.92 Å². The van der Waals surface area contributed by atoms with Crippen LogP contribution in [0.5, 0.6) is 0 Å². The summed E-state index contributed by atoms with van der Waals surface area (Å²) in [6.45, 7) is -1.02. The largest absolute Gasteiger partial charge is 0.394 e. The fourth-order valence-corrected chi connectivity index (χ4v) is 9.15. The van der Waals surface area contributed by atoms with Crippen LogP contribution in [0.15, 0.2) is 34.2 Å². The number of hydrogen-bond acceptors (Lipinski definition) is 21. The number of aliphatic hydroxyl groups excluding tert-OH is 6. The summed E-state index contributed by atoms with van der Waals surface area (Å²) < 4.78 is 68.7. The van der Waals surface area contributed by atoms with Crippen LogP contribution >= 0.6 is 11.6 Å². The molecule has 1 aromatic rings. The Kier molecular flexibility index (Phi) is 22.1. The van der Waals surface area contributed by atoms with E-state index in [1.165, 1.54) is 38.5 Å². The topological polar surface area (TPSA) is 427 Å². The first-order valence-corrected chi connectivity index (χ1v) is 23.3. The number of Topliss-reactive ketones (excluding diaryl/α,β-unsaturated/α-hetero) is 1. The van der Waals surface area contributed by atoms with Gasteiger partial charge in [0.25, 0.3) is 0 Å². The van der Waals surface area contributed by atoms with Gasteiger partial charge in [-0.25, -0.2) is 13.1 Å². The molecule has 0 bridgehead atoms. The van der Waals surface area contributed by atoms with Gasteiger partial charge in [-0.2, -0.15) is 0 Å². The number of ether oxygens (including phenoxy) is 7. The van der Waals surface area contributed by atoms with Gasteiger partial charge in [-0.05, 0) is 37.1 Å². The molecule has 68 heavy (non-hydrogen) atoms. The average molecular weight is 1020 g/mol. The maximum Gasteiger partial charge on any atom is 0.241 e. The highest BCUT2D eigenvalue weighted by atomic mass is 35.5. The molecule has 3 aliphatic rings. The van der Waals surface area contributed by atoms with Crippen molar-refractivity contribution < 1.29 is 91.4 Å². The minimum Gasteiger partial charge on any atom is -0.394 e. The summed E-state index contributed by atoms with van der Waals surface area (Å²) in [7, 11) is -1.77. The lowest BCUT2D eigenvalue weighted by Crippen LogP contribution is -2.70. The van der Waals surface area contributed by atoms with Crippen LogP contribution in [0, 0.1) is 0 Å². The van der Waals surface area contributed by atoms with Crippen LogP contribution in [0.3, 0.4) is 0 Å². The van der Waals surface area contributed by atoms with Gasteiger partial charge in [-0.1, -0.05) is 0 Å². The number of rotatable bonds is 24. The molecular formula is C39H63ClN8O19S. The van der Waals surface area contributed by atoms with Crippen molar-refractivity contribution in [2.75, 3.05) is 51.8 Å². The van der Waals surface area contributed by atoms with E-state index in [9.17, 15) is 58.2 Å². The summed E-state index contributed by atoms with van der Waals surface area (Å²) in [6.07, 6.45) is -18.7. The Morgan fingerprint density at radius 2 is 1.29 bits per heavy atom. The normalized spacial score (nSPS) is 32.4. The zero-order valence-electron chi connectivity index (χ0n) is 37.4. The molecule has 27 nitrogen and oxygen atoms in total. The predicted octanol–water partition coefficient (Wildman–Crippen LogP) is -6.10. The zero-order chi connectivity index (χ0) is 50.5. The fourth-order valence-electron chi connectivity index (χ4n) is 7.71. The van der Waals surface area contributed by atoms with E-state index in [4.69, 9.17) is 62.0 Å². The Hall–Kier alpha value is -3.79. The van der Waals surface area contributed by atoms with Crippen LogP contribution in [0.1, 0.15) is 32.6 Å². The molecule has 1 aromatic carbocycles. The summed E-state index contributed by atoms with van der Waals surface area (Å²) in [5.74, 6) is -3.43. The molecule has 0 radical (unpaired) electrons. The van der Waals surface area contributed by atoms with Crippen molar-refractivity contribution in [2.24, 2.45) is 22.2 Å². The maximum absolute atomic E-state index is 13.6. The Labute approximate surface area is 396 Å². The highest BCUT2D eigenvalue weighted by Crippen LogP contribution is 2.33. The second-order valence-corrected chi connectivity index (χ2v) is 18.0. The van der Waals surface area contributed by atoms with Crippen LogP contribution in [-0.2, 0) is 62.4 Å². The van der Waals surface area contributed by atoms with E-state index in [-0.39, 0.29) is 35.9 Å². The van der Waals surface area contributed by atoms with Crippen LogP contribution in [0.4, 0.5) is 5.69 Å². The average Bonchev–Trinajstić information content (AvgIpc) is 3.30. The van der Waals surface area contributed by atoms with Crippen LogP contribution in [-0.4, -0.2) is 213 Å². The van der Waals surface area contributed by atoms with Crippen molar-refractivity contribution in [2.45, 2.75) is 135 Å². The number of sulfonamides is 1. The molecule has 7 unspecified atom stereocenters. The summed E-state index contributed by atoms with van der Waals surface area (Å²) in [4.78, 5) is 54.8. The summed E-state index contributed by atoms with van der Waals surface area (Å²) in [5.41, 5.74) is 16.9. The molecule has 4 rings (SSSR count). The summed E-state index contributed by atoms with van der Waals surface area (Å²) in [6, 6.07) is -0.572. The Morgan fingerprint density at radius 1 is 0.779 bits per heavy atom. The van der Waals surface area contributed by atoms with Gasteiger partial charge in [0.05, 0.1) is 42.7 Å². The first-order chi connectivity index (χ1) is 32.2. The van der Waals surface area contributed by atoms with E-state index < -0.39 is 170 Å². The number of nitrogens with two attached hydrogens (primary N) is 3. The standard InChI is InChI=1S/C39H63ClN8O19S/c1-17(52)45-28-31(57)33(61-2)22(14-49)64-37(28)67-35-24(16-51)65-38(66-34-23(15-50)63-36(62-3)27(41)30(34)56)29(32(35)58)47-26(55)11-10-25(54)46-18-6-8-19(9-7-18)68(59,60)48-20(21(53)13-40)5-4-12-44-39(42)43/h6-9,20,22-24,27-38,48-51,56-58H,4-5,10-16,41H2,1-3H3,(H,45,52)(H,46,54)(H,47,55)(H4,42,43,44)/t20-,22?,23?,24?,27+,28+,29+,30?,31+,32?,33?,34-,35-,36-,37?,38+/m1/s1. The van der Waals surface area contributed by atoms with Gasteiger partial charge >= 0.3 is 0 Å². The molecule has 16 N–H and O–H groups in total. The molecule has 3 heterocycles.